The molecule has 0 aliphatic carbocycles. The minimum Gasteiger partial charge on any atom is -0.468 e. The van der Waals surface area contributed by atoms with E-state index in [1.807, 2.05) is 6.07 Å². The summed E-state index contributed by atoms with van der Waals surface area (Å²) in [6, 6.07) is 6.49. The highest BCUT2D eigenvalue weighted by molar-refractivity contribution is 9.10. The molecule has 1 atom stereocenters. The van der Waals surface area contributed by atoms with Gasteiger partial charge in [0.25, 0.3) is 0 Å². The maximum absolute atomic E-state index is 12.9. The van der Waals surface area contributed by atoms with Crippen LogP contribution in [0.5, 0.6) is 0 Å². The fourth-order valence-electron chi connectivity index (χ4n) is 1.37. The van der Waals surface area contributed by atoms with Gasteiger partial charge in [-0.05, 0) is 30.7 Å². The molecular weight excluding hydrogens is 289 g/mol. The molecule has 0 saturated heterocycles. The molecule has 94 valence electrons. The first-order valence-corrected chi connectivity index (χ1v) is 6.22. The molecule has 0 amide bonds. The molecule has 1 aromatic rings. The number of carbonyl (C=O) groups is 1. The SMILES string of the molecule is COC(=O)C(Br)CNCCc1cccc(F)c1. The zero-order valence-corrected chi connectivity index (χ0v) is 11.2. The first kappa shape index (κ1) is 14.1. The minimum atomic E-state index is -0.347. The summed E-state index contributed by atoms with van der Waals surface area (Å²) in [5.74, 6) is -0.529. The van der Waals surface area contributed by atoms with E-state index in [1.54, 1.807) is 6.07 Å². The number of carbonyl (C=O) groups excluding carboxylic acids is 1. The third-order valence-electron chi connectivity index (χ3n) is 2.26. The number of alkyl halides is 1. The lowest BCUT2D eigenvalue weighted by Crippen LogP contribution is -2.30. The van der Waals surface area contributed by atoms with E-state index in [1.165, 1.54) is 19.2 Å². The van der Waals surface area contributed by atoms with Crippen LogP contribution in [-0.4, -0.2) is 31.0 Å². The molecular formula is C12H15BrFNO2. The number of benzene rings is 1. The van der Waals surface area contributed by atoms with Crippen LogP contribution in [0.4, 0.5) is 4.39 Å². The Morgan fingerprint density at radius 3 is 3.00 bits per heavy atom. The van der Waals surface area contributed by atoms with Gasteiger partial charge in [0.15, 0.2) is 0 Å². The number of nitrogens with one attached hydrogen (secondary N) is 1. The second-order valence-corrected chi connectivity index (χ2v) is 4.68. The topological polar surface area (TPSA) is 38.3 Å². The lowest BCUT2D eigenvalue weighted by atomic mass is 10.1. The first-order chi connectivity index (χ1) is 8.13. The highest BCUT2D eigenvalue weighted by Gasteiger charge is 2.13. The number of hydrogen-bond donors (Lipinski definition) is 1. The van der Waals surface area contributed by atoms with E-state index in [0.29, 0.717) is 13.1 Å². The van der Waals surface area contributed by atoms with Crippen molar-refractivity contribution >= 4 is 21.9 Å². The summed E-state index contributed by atoms with van der Waals surface area (Å²) >= 11 is 3.20. The molecule has 0 spiro atoms. The van der Waals surface area contributed by atoms with E-state index in [-0.39, 0.29) is 16.6 Å². The number of hydrogen-bond acceptors (Lipinski definition) is 3. The van der Waals surface area contributed by atoms with Crippen LogP contribution in [0.15, 0.2) is 24.3 Å². The molecule has 5 heteroatoms. The van der Waals surface area contributed by atoms with Crippen LogP contribution in [0, 0.1) is 5.82 Å². The lowest BCUT2D eigenvalue weighted by molar-refractivity contribution is -0.139. The number of rotatable bonds is 6. The second-order valence-electron chi connectivity index (χ2n) is 3.57. The summed E-state index contributed by atoms with van der Waals surface area (Å²) in [6.07, 6.45) is 0.721. The molecule has 0 aliphatic rings. The molecule has 1 N–H and O–H groups in total. The molecule has 0 aliphatic heterocycles. The summed E-state index contributed by atoms with van der Waals surface area (Å²) in [6.45, 7) is 1.17. The maximum atomic E-state index is 12.9. The normalized spacial score (nSPS) is 12.2. The van der Waals surface area contributed by atoms with Gasteiger partial charge in [0, 0.05) is 6.54 Å². The molecule has 0 aromatic heterocycles. The van der Waals surface area contributed by atoms with Gasteiger partial charge in [0.05, 0.1) is 7.11 Å². The van der Waals surface area contributed by atoms with Crippen LogP contribution in [0.2, 0.25) is 0 Å². The summed E-state index contributed by atoms with van der Waals surface area (Å²) in [4.78, 5) is 10.7. The van der Waals surface area contributed by atoms with Gasteiger partial charge in [0.1, 0.15) is 10.6 Å². The summed E-state index contributed by atoms with van der Waals surface area (Å²) < 4.78 is 17.4. The van der Waals surface area contributed by atoms with Crippen LogP contribution in [0.1, 0.15) is 5.56 Å². The number of halogens is 2. The van der Waals surface area contributed by atoms with E-state index in [4.69, 9.17) is 0 Å². The van der Waals surface area contributed by atoms with Gasteiger partial charge in [-0.1, -0.05) is 28.1 Å². The van der Waals surface area contributed by atoms with E-state index < -0.39 is 0 Å². The standard InChI is InChI=1S/C12H15BrFNO2/c1-17-12(16)11(13)8-15-6-5-9-3-2-4-10(14)7-9/h2-4,7,11,15H,5-6,8H2,1H3. The van der Waals surface area contributed by atoms with Crippen molar-refractivity contribution in [1.29, 1.82) is 0 Å². The van der Waals surface area contributed by atoms with Gasteiger partial charge in [0.2, 0.25) is 0 Å². The van der Waals surface area contributed by atoms with Crippen molar-refractivity contribution in [2.24, 2.45) is 0 Å². The number of esters is 1. The lowest BCUT2D eigenvalue weighted by Gasteiger charge is -2.09. The van der Waals surface area contributed by atoms with Gasteiger partial charge < -0.3 is 10.1 Å². The summed E-state index contributed by atoms with van der Waals surface area (Å²) in [7, 11) is 1.35. The maximum Gasteiger partial charge on any atom is 0.320 e. The molecule has 1 aromatic carbocycles. The van der Waals surface area contributed by atoms with Crippen LogP contribution < -0.4 is 5.32 Å². The Bertz CT molecular complexity index is 373. The monoisotopic (exact) mass is 303 g/mol. The van der Waals surface area contributed by atoms with Crippen molar-refractivity contribution < 1.29 is 13.9 Å². The third-order valence-corrected chi connectivity index (χ3v) is 2.96. The Balaban J connectivity index is 2.22. The van der Waals surface area contributed by atoms with Crippen LogP contribution in [0.3, 0.4) is 0 Å². The van der Waals surface area contributed by atoms with Crippen LogP contribution in [-0.2, 0) is 16.0 Å². The van der Waals surface area contributed by atoms with Crippen molar-refractivity contribution in [1.82, 2.24) is 5.32 Å². The van der Waals surface area contributed by atoms with E-state index >= 15 is 0 Å². The molecule has 0 heterocycles. The number of methoxy groups -OCH3 is 1. The Kier molecular flexibility index (Phi) is 6.15. The summed E-state index contributed by atoms with van der Waals surface area (Å²) in [5.41, 5.74) is 0.932. The second kappa shape index (κ2) is 7.40. The largest absolute Gasteiger partial charge is 0.468 e. The highest BCUT2D eigenvalue weighted by Crippen LogP contribution is 2.04. The van der Waals surface area contributed by atoms with Gasteiger partial charge in [-0.2, -0.15) is 0 Å². The first-order valence-electron chi connectivity index (χ1n) is 5.30. The molecule has 1 unspecified atom stereocenters. The van der Waals surface area contributed by atoms with E-state index in [2.05, 4.69) is 26.0 Å². The van der Waals surface area contributed by atoms with Crippen molar-refractivity contribution in [2.45, 2.75) is 11.2 Å². The van der Waals surface area contributed by atoms with Gasteiger partial charge in [-0.3, -0.25) is 4.79 Å². The van der Waals surface area contributed by atoms with Gasteiger partial charge in [-0.15, -0.1) is 0 Å². The minimum absolute atomic E-state index is 0.226. The number of ether oxygens (including phenoxy) is 1. The van der Waals surface area contributed by atoms with Crippen molar-refractivity contribution in [3.63, 3.8) is 0 Å². The molecule has 17 heavy (non-hydrogen) atoms. The third kappa shape index (κ3) is 5.28. The predicted octanol–water partition coefficient (Wildman–Crippen LogP) is 1.89. The zero-order valence-electron chi connectivity index (χ0n) is 9.58. The average Bonchev–Trinajstić information content (AvgIpc) is 2.33. The van der Waals surface area contributed by atoms with E-state index in [9.17, 15) is 9.18 Å². The Morgan fingerprint density at radius 1 is 1.59 bits per heavy atom. The molecule has 0 radical (unpaired) electrons. The van der Waals surface area contributed by atoms with Crippen LogP contribution >= 0.6 is 15.9 Å². The molecule has 1 rings (SSSR count). The Morgan fingerprint density at radius 2 is 2.35 bits per heavy atom. The Hall–Kier alpha value is -0.940. The Labute approximate surface area is 108 Å². The quantitative estimate of drug-likeness (QED) is 0.495. The fraction of sp³-hybridized carbons (Fsp3) is 0.417. The molecule has 0 saturated carbocycles. The molecule has 0 bridgehead atoms. The summed E-state index contributed by atoms with van der Waals surface area (Å²) in [5, 5.41) is 3.10. The predicted molar refractivity (Wildman–Crippen MR) is 67.7 cm³/mol. The van der Waals surface area contributed by atoms with Crippen molar-refractivity contribution in [3.8, 4) is 0 Å². The molecule has 0 fully saturated rings. The van der Waals surface area contributed by atoms with Crippen molar-refractivity contribution in [3.05, 3.63) is 35.6 Å². The molecule has 3 nitrogen and oxygen atoms in total. The van der Waals surface area contributed by atoms with Crippen molar-refractivity contribution in [2.75, 3.05) is 20.2 Å². The zero-order chi connectivity index (χ0) is 12.7. The smallest absolute Gasteiger partial charge is 0.320 e. The fourth-order valence-corrected chi connectivity index (χ4v) is 1.78. The van der Waals surface area contributed by atoms with Crippen LogP contribution in [0.25, 0.3) is 0 Å². The average molecular weight is 304 g/mol. The van der Waals surface area contributed by atoms with Gasteiger partial charge in [-0.25, -0.2) is 4.39 Å². The van der Waals surface area contributed by atoms with E-state index in [0.717, 1.165) is 12.0 Å². The van der Waals surface area contributed by atoms with Gasteiger partial charge >= 0.3 is 5.97 Å². The highest BCUT2D eigenvalue weighted by atomic mass is 79.9.